The van der Waals surface area contributed by atoms with Crippen LogP contribution in [0.15, 0.2) is 0 Å². The molecule has 2 amide bonds. The molecule has 0 aromatic heterocycles. The zero-order chi connectivity index (χ0) is 15.0. The summed E-state index contributed by atoms with van der Waals surface area (Å²) in [6.45, 7) is 4.40. The van der Waals surface area contributed by atoms with Crippen LogP contribution in [0.1, 0.15) is 52.4 Å². The summed E-state index contributed by atoms with van der Waals surface area (Å²) in [6, 6.07) is 0. The molecule has 1 rings (SSSR count). The lowest BCUT2D eigenvalue weighted by molar-refractivity contribution is -0.126. The molecule has 1 unspecified atom stereocenters. The summed E-state index contributed by atoms with van der Waals surface area (Å²) < 4.78 is 0. The van der Waals surface area contributed by atoms with E-state index in [0.717, 1.165) is 19.3 Å². The monoisotopic (exact) mass is 284 g/mol. The van der Waals surface area contributed by atoms with Gasteiger partial charge in [0.25, 0.3) is 0 Å². The van der Waals surface area contributed by atoms with Gasteiger partial charge in [-0.05, 0) is 31.1 Å². The molecule has 0 radical (unpaired) electrons. The van der Waals surface area contributed by atoms with E-state index in [1.54, 1.807) is 0 Å². The number of amides is 2. The van der Waals surface area contributed by atoms with Gasteiger partial charge in [-0.1, -0.05) is 26.7 Å². The van der Waals surface area contributed by atoms with Crippen molar-refractivity contribution in [1.82, 2.24) is 10.6 Å². The van der Waals surface area contributed by atoms with Crippen molar-refractivity contribution in [2.45, 2.75) is 58.5 Å². The summed E-state index contributed by atoms with van der Waals surface area (Å²) in [5.41, 5.74) is 0. The van der Waals surface area contributed by atoms with E-state index in [1.807, 2.05) is 0 Å². The maximum absolute atomic E-state index is 11.6. The third-order valence-corrected chi connectivity index (χ3v) is 3.85. The molecule has 0 aromatic rings. The fraction of sp³-hybridized carbons (Fsp3) is 0.867. The minimum absolute atomic E-state index is 0.00564. The first-order valence-corrected chi connectivity index (χ1v) is 7.70. The van der Waals surface area contributed by atoms with E-state index in [0.29, 0.717) is 18.3 Å². The van der Waals surface area contributed by atoms with Crippen LogP contribution in [0.25, 0.3) is 0 Å². The van der Waals surface area contributed by atoms with Gasteiger partial charge in [0.1, 0.15) is 0 Å². The van der Waals surface area contributed by atoms with Crippen molar-refractivity contribution in [2.75, 3.05) is 13.1 Å². The summed E-state index contributed by atoms with van der Waals surface area (Å²) in [5.74, 6) is 0.470. The number of hydrogen-bond acceptors (Lipinski definition) is 3. The van der Waals surface area contributed by atoms with Gasteiger partial charge in [0.2, 0.25) is 11.8 Å². The minimum atomic E-state index is -0.460. The first kappa shape index (κ1) is 17.0. The quantitative estimate of drug-likeness (QED) is 0.627. The van der Waals surface area contributed by atoms with Crippen molar-refractivity contribution < 1.29 is 14.7 Å². The van der Waals surface area contributed by atoms with Crippen molar-refractivity contribution in [2.24, 2.45) is 11.8 Å². The van der Waals surface area contributed by atoms with Gasteiger partial charge < -0.3 is 15.7 Å². The largest absolute Gasteiger partial charge is 0.391 e. The molecular weight excluding hydrogens is 256 g/mol. The zero-order valence-electron chi connectivity index (χ0n) is 12.7. The maximum atomic E-state index is 11.6. The van der Waals surface area contributed by atoms with E-state index < -0.39 is 6.10 Å². The van der Waals surface area contributed by atoms with Crippen LogP contribution < -0.4 is 10.6 Å². The minimum Gasteiger partial charge on any atom is -0.391 e. The fourth-order valence-electron chi connectivity index (χ4n) is 2.48. The summed E-state index contributed by atoms with van der Waals surface area (Å²) in [4.78, 5) is 23.0. The summed E-state index contributed by atoms with van der Waals surface area (Å²) >= 11 is 0. The lowest BCUT2D eigenvalue weighted by Gasteiger charge is -2.18. The molecule has 0 heterocycles. The van der Waals surface area contributed by atoms with Gasteiger partial charge in [0.05, 0.1) is 12.6 Å². The Balaban J connectivity index is 2.09. The number of carbonyl (C=O) groups excluding carboxylic acids is 2. The molecule has 1 aliphatic carbocycles. The number of aliphatic hydroxyl groups is 1. The Morgan fingerprint density at radius 1 is 1.15 bits per heavy atom. The van der Waals surface area contributed by atoms with Crippen LogP contribution in [-0.2, 0) is 9.59 Å². The summed E-state index contributed by atoms with van der Waals surface area (Å²) in [6.07, 6.45) is 5.25. The molecule has 0 aromatic carbocycles. The molecule has 3 N–H and O–H groups in total. The number of rotatable bonds is 8. The van der Waals surface area contributed by atoms with Gasteiger partial charge >= 0.3 is 0 Å². The summed E-state index contributed by atoms with van der Waals surface area (Å²) in [7, 11) is 0. The Labute approximate surface area is 121 Å². The lowest BCUT2D eigenvalue weighted by Crippen LogP contribution is -2.41. The van der Waals surface area contributed by atoms with Gasteiger partial charge in [-0.15, -0.1) is 0 Å². The van der Waals surface area contributed by atoms with Crippen LogP contribution in [0.3, 0.4) is 0 Å². The van der Waals surface area contributed by atoms with E-state index in [-0.39, 0.29) is 24.9 Å². The smallest absolute Gasteiger partial charge is 0.239 e. The molecular formula is C15H28N2O3. The van der Waals surface area contributed by atoms with Gasteiger partial charge in [-0.2, -0.15) is 0 Å². The van der Waals surface area contributed by atoms with E-state index in [4.69, 9.17) is 0 Å². The molecule has 1 atom stereocenters. The maximum Gasteiger partial charge on any atom is 0.239 e. The lowest BCUT2D eigenvalue weighted by atomic mass is 10.0. The molecule has 5 nitrogen and oxygen atoms in total. The molecule has 1 fully saturated rings. The molecule has 0 spiro atoms. The van der Waals surface area contributed by atoms with Crippen LogP contribution in [0, 0.1) is 11.8 Å². The zero-order valence-corrected chi connectivity index (χ0v) is 12.7. The Hall–Kier alpha value is -1.10. The van der Waals surface area contributed by atoms with Crippen molar-refractivity contribution >= 4 is 11.8 Å². The second kappa shape index (κ2) is 8.95. The second-order valence-corrected chi connectivity index (χ2v) is 6.13. The summed E-state index contributed by atoms with van der Waals surface area (Å²) in [5, 5.41) is 15.2. The van der Waals surface area contributed by atoms with E-state index in [2.05, 4.69) is 24.5 Å². The predicted molar refractivity (Wildman–Crippen MR) is 78.1 cm³/mol. The topological polar surface area (TPSA) is 78.4 Å². The highest BCUT2D eigenvalue weighted by molar-refractivity contribution is 5.84. The average Bonchev–Trinajstić information content (AvgIpc) is 2.94. The molecule has 1 aliphatic rings. The Morgan fingerprint density at radius 3 is 2.40 bits per heavy atom. The number of carbonyl (C=O) groups is 2. The van der Waals surface area contributed by atoms with Crippen molar-refractivity contribution in [3.05, 3.63) is 0 Å². The van der Waals surface area contributed by atoms with Crippen LogP contribution in [0.2, 0.25) is 0 Å². The van der Waals surface area contributed by atoms with Crippen molar-refractivity contribution in [3.63, 3.8) is 0 Å². The Bertz CT molecular complexity index is 312. The van der Waals surface area contributed by atoms with Crippen molar-refractivity contribution in [1.29, 1.82) is 0 Å². The fourth-order valence-corrected chi connectivity index (χ4v) is 2.48. The molecule has 0 aliphatic heterocycles. The van der Waals surface area contributed by atoms with Gasteiger partial charge in [-0.3, -0.25) is 9.59 Å². The van der Waals surface area contributed by atoms with Crippen LogP contribution in [0.4, 0.5) is 0 Å². The standard InChI is InChI=1S/C15H28N2O3/c1-11(2)7-8-14(19)17-10-15(20)16-9-13(18)12-5-3-4-6-12/h11-13,18H,3-10H2,1-2H3,(H,16,20)(H,17,19). The molecule has 0 saturated heterocycles. The third kappa shape index (κ3) is 6.89. The molecule has 116 valence electrons. The van der Waals surface area contributed by atoms with Gasteiger partial charge in [0.15, 0.2) is 0 Å². The third-order valence-electron chi connectivity index (χ3n) is 3.85. The highest BCUT2D eigenvalue weighted by atomic mass is 16.3. The SMILES string of the molecule is CC(C)CCC(=O)NCC(=O)NCC(O)C1CCCC1. The predicted octanol–water partition coefficient (Wildman–Crippen LogP) is 1.21. The molecule has 5 heteroatoms. The second-order valence-electron chi connectivity index (χ2n) is 6.13. The molecule has 20 heavy (non-hydrogen) atoms. The Morgan fingerprint density at radius 2 is 1.80 bits per heavy atom. The number of hydrogen-bond donors (Lipinski definition) is 3. The van der Waals surface area contributed by atoms with E-state index in [9.17, 15) is 14.7 Å². The van der Waals surface area contributed by atoms with E-state index >= 15 is 0 Å². The Kier molecular flexibility index (Phi) is 7.59. The number of aliphatic hydroxyl groups excluding tert-OH is 1. The van der Waals surface area contributed by atoms with Gasteiger partial charge in [-0.25, -0.2) is 0 Å². The van der Waals surface area contributed by atoms with Crippen molar-refractivity contribution in [3.8, 4) is 0 Å². The average molecular weight is 284 g/mol. The van der Waals surface area contributed by atoms with Crippen LogP contribution in [0.5, 0.6) is 0 Å². The van der Waals surface area contributed by atoms with E-state index in [1.165, 1.54) is 12.8 Å². The normalized spacial score (nSPS) is 17.2. The molecule has 1 saturated carbocycles. The number of nitrogens with one attached hydrogen (secondary N) is 2. The van der Waals surface area contributed by atoms with Crippen LogP contribution in [-0.4, -0.2) is 36.1 Å². The van der Waals surface area contributed by atoms with Crippen LogP contribution >= 0.6 is 0 Å². The highest BCUT2D eigenvalue weighted by Gasteiger charge is 2.23. The molecule has 0 bridgehead atoms. The highest BCUT2D eigenvalue weighted by Crippen LogP contribution is 2.27. The first-order valence-electron chi connectivity index (χ1n) is 7.70. The van der Waals surface area contributed by atoms with Gasteiger partial charge in [0, 0.05) is 13.0 Å². The first-order chi connectivity index (χ1) is 9.49.